The summed E-state index contributed by atoms with van der Waals surface area (Å²) in [4.78, 5) is 17.2. The van der Waals surface area contributed by atoms with Gasteiger partial charge in [0, 0.05) is 5.92 Å². The monoisotopic (exact) mass is 287 g/mol. The SMILES string of the molecule is CCCCCC(CCCC)C(=O)NNNOCCCC. The van der Waals surface area contributed by atoms with E-state index in [1.807, 2.05) is 0 Å². The minimum Gasteiger partial charge on any atom is -0.285 e. The van der Waals surface area contributed by atoms with Gasteiger partial charge in [0.1, 0.15) is 0 Å². The van der Waals surface area contributed by atoms with E-state index in [1.54, 1.807) is 0 Å². The summed E-state index contributed by atoms with van der Waals surface area (Å²) < 4.78 is 0. The van der Waals surface area contributed by atoms with E-state index in [0.717, 1.165) is 44.9 Å². The van der Waals surface area contributed by atoms with Gasteiger partial charge in [0.05, 0.1) is 6.61 Å². The van der Waals surface area contributed by atoms with Crippen LogP contribution in [0.2, 0.25) is 0 Å². The third-order valence-corrected chi connectivity index (χ3v) is 3.34. The Morgan fingerprint density at radius 3 is 2.25 bits per heavy atom. The third kappa shape index (κ3) is 11.2. The molecule has 0 aliphatic heterocycles. The molecule has 120 valence electrons. The number of unbranched alkanes of at least 4 members (excludes halogenated alkanes) is 4. The Morgan fingerprint density at radius 1 is 0.950 bits per heavy atom. The summed E-state index contributed by atoms with van der Waals surface area (Å²) >= 11 is 0. The maximum absolute atomic E-state index is 12.1. The molecule has 0 spiro atoms. The largest absolute Gasteiger partial charge is 0.285 e. The van der Waals surface area contributed by atoms with Crippen LogP contribution in [-0.2, 0) is 9.63 Å². The fourth-order valence-corrected chi connectivity index (χ4v) is 1.99. The van der Waals surface area contributed by atoms with Crippen LogP contribution < -0.4 is 16.5 Å². The second kappa shape index (κ2) is 14.8. The highest BCUT2D eigenvalue weighted by molar-refractivity contribution is 5.77. The van der Waals surface area contributed by atoms with Crippen LogP contribution in [0.15, 0.2) is 0 Å². The number of carbonyl (C=O) groups is 1. The van der Waals surface area contributed by atoms with E-state index >= 15 is 0 Å². The van der Waals surface area contributed by atoms with Crippen LogP contribution in [0.1, 0.15) is 78.6 Å². The molecule has 0 radical (unpaired) electrons. The second-order valence-electron chi connectivity index (χ2n) is 5.25. The van der Waals surface area contributed by atoms with E-state index in [2.05, 4.69) is 37.3 Å². The van der Waals surface area contributed by atoms with Gasteiger partial charge in [0.25, 0.3) is 0 Å². The molecular formula is C15H33N3O2. The van der Waals surface area contributed by atoms with Crippen LogP contribution in [0.4, 0.5) is 0 Å². The van der Waals surface area contributed by atoms with Crippen molar-refractivity contribution in [2.24, 2.45) is 5.92 Å². The normalized spacial score (nSPS) is 12.3. The first-order valence-corrected chi connectivity index (χ1v) is 8.17. The van der Waals surface area contributed by atoms with Crippen molar-refractivity contribution in [3.63, 3.8) is 0 Å². The first-order valence-electron chi connectivity index (χ1n) is 8.17. The predicted molar refractivity (Wildman–Crippen MR) is 82.4 cm³/mol. The Bertz CT molecular complexity index is 225. The molecule has 1 atom stereocenters. The highest BCUT2D eigenvalue weighted by Gasteiger charge is 2.16. The fraction of sp³-hybridized carbons (Fsp3) is 0.933. The summed E-state index contributed by atoms with van der Waals surface area (Å²) in [6.45, 7) is 7.07. The minimum absolute atomic E-state index is 0.0566. The molecule has 0 rings (SSSR count). The van der Waals surface area contributed by atoms with Gasteiger partial charge < -0.3 is 0 Å². The molecule has 0 heterocycles. The highest BCUT2D eigenvalue weighted by atomic mass is 16.7. The molecule has 1 amide bonds. The highest BCUT2D eigenvalue weighted by Crippen LogP contribution is 2.16. The van der Waals surface area contributed by atoms with E-state index in [1.165, 1.54) is 12.8 Å². The number of hydrogen-bond donors (Lipinski definition) is 3. The molecule has 0 aromatic heterocycles. The minimum atomic E-state index is 0.0566. The molecule has 0 bridgehead atoms. The van der Waals surface area contributed by atoms with Gasteiger partial charge in [-0.05, 0) is 19.3 Å². The summed E-state index contributed by atoms with van der Waals surface area (Å²) in [5.41, 5.74) is 7.84. The van der Waals surface area contributed by atoms with Crippen molar-refractivity contribution in [3.05, 3.63) is 0 Å². The van der Waals surface area contributed by atoms with E-state index in [-0.39, 0.29) is 11.8 Å². The van der Waals surface area contributed by atoms with Gasteiger partial charge in [-0.2, -0.15) is 0 Å². The Labute approximate surface area is 124 Å². The predicted octanol–water partition coefficient (Wildman–Crippen LogP) is 3.23. The van der Waals surface area contributed by atoms with Crippen molar-refractivity contribution >= 4 is 5.91 Å². The van der Waals surface area contributed by atoms with Crippen LogP contribution in [0.3, 0.4) is 0 Å². The number of carbonyl (C=O) groups excluding carboxylic acids is 1. The van der Waals surface area contributed by atoms with Gasteiger partial charge in [-0.1, -0.05) is 59.3 Å². The third-order valence-electron chi connectivity index (χ3n) is 3.34. The Kier molecular flexibility index (Phi) is 14.3. The van der Waals surface area contributed by atoms with Crippen LogP contribution in [0.25, 0.3) is 0 Å². The Morgan fingerprint density at radius 2 is 1.60 bits per heavy atom. The molecular weight excluding hydrogens is 254 g/mol. The summed E-state index contributed by atoms with van der Waals surface area (Å²) in [5.74, 6) is 0.160. The quantitative estimate of drug-likeness (QED) is 0.339. The number of nitrogens with one attached hydrogen (secondary N) is 3. The molecule has 20 heavy (non-hydrogen) atoms. The van der Waals surface area contributed by atoms with Gasteiger partial charge in [-0.3, -0.25) is 15.1 Å². The lowest BCUT2D eigenvalue weighted by atomic mass is 9.95. The van der Waals surface area contributed by atoms with Crippen LogP contribution >= 0.6 is 0 Å². The van der Waals surface area contributed by atoms with E-state index in [4.69, 9.17) is 4.84 Å². The lowest BCUT2D eigenvalue weighted by Crippen LogP contribution is -2.48. The molecule has 5 nitrogen and oxygen atoms in total. The average molecular weight is 287 g/mol. The van der Waals surface area contributed by atoms with Crippen LogP contribution in [0, 0.1) is 5.92 Å². The molecule has 0 aliphatic rings. The molecule has 0 aliphatic carbocycles. The standard InChI is InChI=1S/C15H33N3O2/c1-4-7-10-12-14(11-8-5-2)15(19)16-17-18-20-13-9-6-3/h14,17-18H,4-13H2,1-3H3,(H,16,19). The molecule has 0 aromatic carbocycles. The molecule has 0 saturated carbocycles. The summed E-state index contributed by atoms with van der Waals surface area (Å²) in [7, 11) is 0. The molecule has 5 heteroatoms. The fourth-order valence-electron chi connectivity index (χ4n) is 1.99. The summed E-state index contributed by atoms with van der Waals surface area (Å²) in [5, 5.41) is 0. The van der Waals surface area contributed by atoms with Gasteiger partial charge in [0.15, 0.2) is 0 Å². The van der Waals surface area contributed by atoms with Crippen molar-refractivity contribution in [1.29, 1.82) is 0 Å². The van der Waals surface area contributed by atoms with Gasteiger partial charge >= 0.3 is 0 Å². The zero-order chi connectivity index (χ0) is 15.1. The first-order chi connectivity index (χ1) is 9.76. The lowest BCUT2D eigenvalue weighted by Gasteiger charge is -2.17. The Balaban J connectivity index is 3.81. The van der Waals surface area contributed by atoms with Gasteiger partial charge in [0.2, 0.25) is 5.91 Å². The van der Waals surface area contributed by atoms with Crippen molar-refractivity contribution in [1.82, 2.24) is 16.5 Å². The average Bonchev–Trinajstić information content (AvgIpc) is 2.46. The van der Waals surface area contributed by atoms with Crippen LogP contribution in [-0.4, -0.2) is 12.5 Å². The summed E-state index contributed by atoms with van der Waals surface area (Å²) in [6, 6.07) is 0. The Hall–Kier alpha value is -0.650. The lowest BCUT2D eigenvalue weighted by molar-refractivity contribution is -0.128. The second-order valence-corrected chi connectivity index (χ2v) is 5.25. The van der Waals surface area contributed by atoms with E-state index in [9.17, 15) is 4.79 Å². The maximum Gasteiger partial charge on any atom is 0.238 e. The molecule has 1 unspecified atom stereocenters. The van der Waals surface area contributed by atoms with Gasteiger partial charge in [-0.15, -0.1) is 11.1 Å². The number of hydrazine groups is 2. The molecule has 0 aromatic rings. The van der Waals surface area contributed by atoms with Gasteiger partial charge in [-0.25, -0.2) is 0 Å². The maximum atomic E-state index is 12.1. The first kappa shape index (κ1) is 19.4. The zero-order valence-electron chi connectivity index (χ0n) is 13.5. The summed E-state index contributed by atoms with van der Waals surface area (Å²) in [6.07, 6.45) is 9.76. The van der Waals surface area contributed by atoms with Crippen LogP contribution in [0.5, 0.6) is 0 Å². The smallest absolute Gasteiger partial charge is 0.238 e. The van der Waals surface area contributed by atoms with Crippen molar-refractivity contribution in [2.75, 3.05) is 6.61 Å². The van der Waals surface area contributed by atoms with E-state index in [0.29, 0.717) is 6.61 Å². The zero-order valence-corrected chi connectivity index (χ0v) is 13.5. The molecule has 0 saturated heterocycles. The number of amides is 1. The van der Waals surface area contributed by atoms with Crippen molar-refractivity contribution in [2.45, 2.75) is 78.6 Å². The number of hydrogen-bond acceptors (Lipinski definition) is 4. The molecule has 3 N–H and O–H groups in total. The van der Waals surface area contributed by atoms with Crippen molar-refractivity contribution < 1.29 is 9.63 Å². The number of rotatable bonds is 14. The van der Waals surface area contributed by atoms with Crippen molar-refractivity contribution in [3.8, 4) is 0 Å². The van der Waals surface area contributed by atoms with E-state index < -0.39 is 0 Å². The molecule has 0 fully saturated rings. The topological polar surface area (TPSA) is 62.4 Å².